The topological polar surface area (TPSA) is 72.2 Å². The molecule has 7 nitrogen and oxygen atoms in total. The van der Waals surface area contributed by atoms with Crippen molar-refractivity contribution in [3.05, 3.63) is 70.6 Å². The number of hydrogen-bond acceptors (Lipinski definition) is 3. The van der Waals surface area contributed by atoms with Crippen molar-refractivity contribution in [3.8, 4) is 16.9 Å². The van der Waals surface area contributed by atoms with Crippen LogP contribution in [0.15, 0.2) is 59.5 Å². The number of pyridine rings is 1. The number of carbonyl (C=O) groups excluding carboxylic acids is 1. The zero-order chi connectivity index (χ0) is 22.2. The highest BCUT2D eigenvalue weighted by atomic mass is 16.2. The van der Waals surface area contributed by atoms with E-state index in [0.717, 1.165) is 60.3 Å². The molecule has 3 aliphatic rings. The number of benzene rings is 2. The van der Waals surface area contributed by atoms with E-state index < -0.39 is 0 Å². The maximum atomic E-state index is 13.4. The van der Waals surface area contributed by atoms with Crippen LogP contribution in [-0.2, 0) is 6.54 Å². The number of para-hydroxylation sites is 2. The van der Waals surface area contributed by atoms with E-state index in [9.17, 15) is 9.59 Å². The van der Waals surface area contributed by atoms with Gasteiger partial charge >= 0.3 is 6.03 Å². The summed E-state index contributed by atoms with van der Waals surface area (Å²) in [4.78, 5) is 27.1. The summed E-state index contributed by atoms with van der Waals surface area (Å²) in [5.74, 6) is 0.447. The Balaban J connectivity index is 1.55. The Morgan fingerprint density at radius 2 is 1.81 bits per heavy atom. The summed E-state index contributed by atoms with van der Waals surface area (Å²) in [5, 5.41) is 8.43. The first-order chi connectivity index (χ1) is 15.6. The van der Waals surface area contributed by atoms with Crippen LogP contribution in [0.2, 0.25) is 0 Å². The first kappa shape index (κ1) is 20.3. The SMILES string of the molecule is CNC(=O)N1CCC(Cn2cc3c(=O)n(-c4ccccc4C)nc-3c3ccccc32)CC1. The van der Waals surface area contributed by atoms with E-state index in [4.69, 9.17) is 5.10 Å². The van der Waals surface area contributed by atoms with Crippen LogP contribution < -0.4 is 10.9 Å². The summed E-state index contributed by atoms with van der Waals surface area (Å²) >= 11 is 0. The standard InChI is InChI=1S/C25H27N5O2/c1-17-7-3-5-9-21(17)30-24(31)20-16-29(22-10-6-4-8-19(22)23(20)27-30)15-18-11-13-28(14-12-18)25(32)26-2/h3-10,16,18H,11-15H2,1-2H3,(H,26,32). The number of aryl methyl sites for hydroxylation is 1. The zero-order valence-corrected chi connectivity index (χ0v) is 18.4. The van der Waals surface area contributed by atoms with Gasteiger partial charge in [-0.15, -0.1) is 0 Å². The summed E-state index contributed by atoms with van der Waals surface area (Å²) in [6.07, 6.45) is 3.85. The van der Waals surface area contributed by atoms with E-state index in [0.29, 0.717) is 11.5 Å². The normalized spacial score (nSPS) is 14.9. The molecule has 1 fully saturated rings. The number of likely N-dealkylation sites (tertiary alicyclic amines) is 1. The third kappa shape index (κ3) is 3.43. The summed E-state index contributed by atoms with van der Waals surface area (Å²) in [6.45, 7) is 4.31. The van der Waals surface area contributed by atoms with Crippen molar-refractivity contribution in [3.63, 3.8) is 0 Å². The number of fused-ring (bicyclic) bond motifs is 3. The Morgan fingerprint density at radius 3 is 2.56 bits per heavy atom. The number of urea groups is 1. The quantitative estimate of drug-likeness (QED) is 0.540. The molecule has 5 rings (SSSR count). The van der Waals surface area contributed by atoms with E-state index in [2.05, 4.69) is 16.0 Å². The largest absolute Gasteiger partial charge is 0.346 e. The van der Waals surface area contributed by atoms with Gasteiger partial charge in [0, 0.05) is 38.3 Å². The molecule has 2 aromatic rings. The van der Waals surface area contributed by atoms with Crippen LogP contribution >= 0.6 is 0 Å². The summed E-state index contributed by atoms with van der Waals surface area (Å²) in [6, 6.07) is 15.9. The molecule has 0 spiro atoms. The molecule has 0 radical (unpaired) electrons. The summed E-state index contributed by atoms with van der Waals surface area (Å²) < 4.78 is 3.72. The van der Waals surface area contributed by atoms with Crippen LogP contribution in [0.4, 0.5) is 4.79 Å². The van der Waals surface area contributed by atoms with E-state index in [1.807, 2.05) is 60.5 Å². The van der Waals surface area contributed by atoms with Gasteiger partial charge in [0.1, 0.15) is 5.69 Å². The third-order valence-electron chi connectivity index (χ3n) is 6.55. The molecule has 7 heteroatoms. The lowest BCUT2D eigenvalue weighted by Crippen LogP contribution is -2.43. The molecule has 2 amide bonds. The molecule has 1 saturated heterocycles. The van der Waals surface area contributed by atoms with E-state index in [-0.39, 0.29) is 11.6 Å². The second-order valence-electron chi connectivity index (χ2n) is 8.55. The molecule has 3 aliphatic heterocycles. The second-order valence-corrected chi connectivity index (χ2v) is 8.55. The molecular weight excluding hydrogens is 402 g/mol. The van der Waals surface area contributed by atoms with Crippen molar-refractivity contribution in [2.24, 2.45) is 5.92 Å². The Labute approximate surface area is 186 Å². The average Bonchev–Trinajstić information content (AvgIpc) is 3.16. The molecule has 0 unspecified atom stereocenters. The molecule has 0 bridgehead atoms. The fraction of sp³-hybridized carbons (Fsp3) is 0.320. The van der Waals surface area contributed by atoms with Gasteiger partial charge in [-0.05, 0) is 43.4 Å². The van der Waals surface area contributed by atoms with Crippen LogP contribution in [0.1, 0.15) is 18.4 Å². The monoisotopic (exact) mass is 429 g/mol. The minimum atomic E-state index is -0.0942. The highest BCUT2D eigenvalue weighted by Crippen LogP contribution is 2.30. The molecule has 0 atom stereocenters. The van der Waals surface area contributed by atoms with Crippen LogP contribution in [0.25, 0.3) is 27.8 Å². The predicted molar refractivity (Wildman–Crippen MR) is 125 cm³/mol. The molecule has 164 valence electrons. The maximum absolute atomic E-state index is 13.4. The first-order valence-corrected chi connectivity index (χ1v) is 11.1. The van der Waals surface area contributed by atoms with Crippen LogP contribution in [0, 0.1) is 12.8 Å². The van der Waals surface area contributed by atoms with Crippen molar-refractivity contribution in [1.29, 1.82) is 0 Å². The second kappa shape index (κ2) is 8.15. The van der Waals surface area contributed by atoms with Crippen molar-refractivity contribution >= 4 is 16.9 Å². The Bertz CT molecular complexity index is 1310. The molecule has 0 saturated carbocycles. The molecule has 3 heterocycles. The Kier molecular flexibility index (Phi) is 5.17. The van der Waals surface area contributed by atoms with E-state index in [1.54, 1.807) is 7.05 Å². The van der Waals surface area contributed by atoms with Crippen molar-refractivity contribution in [1.82, 2.24) is 24.6 Å². The van der Waals surface area contributed by atoms with Gasteiger partial charge in [-0.3, -0.25) is 4.79 Å². The number of rotatable bonds is 3. The molecule has 2 aromatic carbocycles. The fourth-order valence-electron chi connectivity index (χ4n) is 4.75. The highest BCUT2D eigenvalue weighted by molar-refractivity contribution is 5.93. The van der Waals surface area contributed by atoms with Gasteiger partial charge in [-0.25, -0.2) is 4.79 Å². The van der Waals surface area contributed by atoms with Crippen LogP contribution in [-0.4, -0.2) is 45.4 Å². The third-order valence-corrected chi connectivity index (χ3v) is 6.55. The minimum absolute atomic E-state index is 0.0115. The lowest BCUT2D eigenvalue weighted by molar-refractivity contribution is 0.168. The number of nitrogens with one attached hydrogen (secondary N) is 1. The fourth-order valence-corrected chi connectivity index (χ4v) is 4.75. The molecule has 0 aliphatic carbocycles. The minimum Gasteiger partial charge on any atom is -0.346 e. The Morgan fingerprint density at radius 1 is 1.09 bits per heavy atom. The van der Waals surface area contributed by atoms with Gasteiger partial charge < -0.3 is 14.8 Å². The molecule has 1 N–H and O–H groups in total. The number of carbonyl (C=O) groups is 1. The number of piperidine rings is 1. The van der Waals surface area contributed by atoms with E-state index in [1.165, 1.54) is 4.68 Å². The summed E-state index contributed by atoms with van der Waals surface area (Å²) in [7, 11) is 1.67. The number of nitrogens with zero attached hydrogens (tertiary/aromatic N) is 4. The number of hydrogen-bond donors (Lipinski definition) is 1. The van der Waals surface area contributed by atoms with Crippen LogP contribution in [0.3, 0.4) is 0 Å². The average molecular weight is 430 g/mol. The van der Waals surface area contributed by atoms with Crippen molar-refractivity contribution < 1.29 is 4.79 Å². The molecule has 32 heavy (non-hydrogen) atoms. The Hall–Kier alpha value is -3.61. The van der Waals surface area contributed by atoms with E-state index >= 15 is 0 Å². The van der Waals surface area contributed by atoms with Crippen molar-refractivity contribution in [2.45, 2.75) is 26.3 Å². The van der Waals surface area contributed by atoms with Gasteiger partial charge in [-0.2, -0.15) is 9.78 Å². The smallest absolute Gasteiger partial charge is 0.317 e. The van der Waals surface area contributed by atoms with Gasteiger partial charge in [0.05, 0.1) is 16.8 Å². The lowest BCUT2D eigenvalue weighted by Gasteiger charge is -2.32. The van der Waals surface area contributed by atoms with Gasteiger partial charge in [-0.1, -0.05) is 36.4 Å². The number of aromatic nitrogens is 3. The number of amides is 2. The van der Waals surface area contributed by atoms with Gasteiger partial charge in [0.15, 0.2) is 0 Å². The maximum Gasteiger partial charge on any atom is 0.317 e. The highest BCUT2D eigenvalue weighted by Gasteiger charge is 2.25. The summed E-state index contributed by atoms with van der Waals surface area (Å²) in [5.41, 5.74) is 4.17. The van der Waals surface area contributed by atoms with Gasteiger partial charge in [0.2, 0.25) is 0 Å². The first-order valence-electron chi connectivity index (χ1n) is 11.1. The zero-order valence-electron chi connectivity index (χ0n) is 18.4. The predicted octanol–water partition coefficient (Wildman–Crippen LogP) is 3.65. The lowest BCUT2D eigenvalue weighted by atomic mass is 9.96. The van der Waals surface area contributed by atoms with Crippen LogP contribution in [0.5, 0.6) is 0 Å². The van der Waals surface area contributed by atoms with Crippen molar-refractivity contribution in [2.75, 3.05) is 20.1 Å². The molecule has 0 aromatic heterocycles. The molecular formula is C25H27N5O2. The van der Waals surface area contributed by atoms with Gasteiger partial charge in [0.25, 0.3) is 5.56 Å².